The average Bonchev–Trinajstić information content (AvgIpc) is 3.23. The number of nitrogens with zero attached hydrogens (tertiary/aromatic N) is 1. The summed E-state index contributed by atoms with van der Waals surface area (Å²) >= 11 is 0. The summed E-state index contributed by atoms with van der Waals surface area (Å²) < 4.78 is 0. The normalized spacial score (nSPS) is 28.4. The van der Waals surface area contributed by atoms with Gasteiger partial charge in [0.05, 0.1) is 11.8 Å². The third kappa shape index (κ3) is 2.19. The van der Waals surface area contributed by atoms with Crippen molar-refractivity contribution in [2.24, 2.45) is 11.8 Å². The van der Waals surface area contributed by atoms with Gasteiger partial charge in [-0.1, -0.05) is 25.1 Å². The molecule has 4 heteroatoms. The lowest BCUT2D eigenvalue weighted by Crippen LogP contribution is -2.34. The van der Waals surface area contributed by atoms with Gasteiger partial charge < -0.3 is 10.0 Å². The van der Waals surface area contributed by atoms with Crippen LogP contribution in [-0.2, 0) is 9.59 Å². The minimum absolute atomic E-state index is 0.0149. The number of aliphatic carboxylic acids is 1. The molecule has 0 bridgehead atoms. The van der Waals surface area contributed by atoms with Crippen LogP contribution in [-0.4, -0.2) is 23.5 Å². The summed E-state index contributed by atoms with van der Waals surface area (Å²) in [5.74, 6) is -1.22. The molecule has 0 aromatic heterocycles. The highest BCUT2D eigenvalue weighted by Gasteiger charge is 2.50. The van der Waals surface area contributed by atoms with E-state index in [2.05, 4.69) is 13.0 Å². The van der Waals surface area contributed by atoms with Crippen LogP contribution >= 0.6 is 0 Å². The Hall–Kier alpha value is -1.84. The first-order chi connectivity index (χ1) is 9.59. The third-order valence-corrected chi connectivity index (χ3v) is 4.47. The highest BCUT2D eigenvalue weighted by molar-refractivity contribution is 6.00. The molecule has 4 nitrogen and oxygen atoms in total. The Morgan fingerprint density at radius 3 is 2.70 bits per heavy atom. The van der Waals surface area contributed by atoms with Gasteiger partial charge in [-0.3, -0.25) is 9.59 Å². The second-order valence-corrected chi connectivity index (χ2v) is 5.88. The summed E-state index contributed by atoms with van der Waals surface area (Å²) in [4.78, 5) is 25.3. The maximum absolute atomic E-state index is 12.6. The fraction of sp³-hybridized carbons (Fsp3) is 0.500. The zero-order chi connectivity index (χ0) is 14.3. The predicted octanol–water partition coefficient (Wildman–Crippen LogP) is 2.64. The van der Waals surface area contributed by atoms with Crippen LogP contribution in [0.2, 0.25) is 0 Å². The van der Waals surface area contributed by atoms with E-state index in [1.165, 1.54) is 5.56 Å². The lowest BCUT2D eigenvalue weighted by Gasteiger charge is -2.23. The van der Waals surface area contributed by atoms with Crippen molar-refractivity contribution in [3.05, 3.63) is 29.8 Å². The number of carboxylic acid groups (broad SMARTS) is 1. The average molecular weight is 273 g/mol. The molecule has 1 amide bonds. The molecule has 1 aromatic carbocycles. The van der Waals surface area contributed by atoms with E-state index in [4.69, 9.17) is 5.11 Å². The van der Waals surface area contributed by atoms with Crippen molar-refractivity contribution in [2.45, 2.75) is 32.1 Å². The standard InChI is InChI=1S/C16H19NO3/c1-10-5-4-8-17(14-7-3-2-6-11(10)14)15(18)12-9-13(12)16(19)20/h2-3,6-7,10,12-13H,4-5,8-9H2,1H3,(H,19,20). The number of rotatable bonds is 2. The lowest BCUT2D eigenvalue weighted by atomic mass is 9.96. The second-order valence-electron chi connectivity index (χ2n) is 5.88. The van der Waals surface area contributed by atoms with Crippen molar-refractivity contribution < 1.29 is 14.7 Å². The topological polar surface area (TPSA) is 57.6 Å². The van der Waals surface area contributed by atoms with Crippen molar-refractivity contribution in [2.75, 3.05) is 11.4 Å². The van der Waals surface area contributed by atoms with Crippen LogP contribution in [0.4, 0.5) is 5.69 Å². The maximum Gasteiger partial charge on any atom is 0.307 e. The van der Waals surface area contributed by atoms with Gasteiger partial charge in [-0.05, 0) is 36.8 Å². The molecule has 1 aromatic rings. The molecule has 1 aliphatic heterocycles. The van der Waals surface area contributed by atoms with Crippen molar-refractivity contribution >= 4 is 17.6 Å². The van der Waals surface area contributed by atoms with Gasteiger partial charge in [-0.15, -0.1) is 0 Å². The Morgan fingerprint density at radius 2 is 2.00 bits per heavy atom. The summed E-state index contributed by atoms with van der Waals surface area (Å²) in [6.45, 7) is 2.88. The largest absolute Gasteiger partial charge is 0.481 e. The van der Waals surface area contributed by atoms with E-state index in [-0.39, 0.29) is 11.8 Å². The van der Waals surface area contributed by atoms with Crippen molar-refractivity contribution in [1.82, 2.24) is 0 Å². The van der Waals surface area contributed by atoms with Crippen molar-refractivity contribution in [3.8, 4) is 0 Å². The maximum atomic E-state index is 12.6. The number of carboxylic acids is 1. The molecule has 1 heterocycles. The quantitative estimate of drug-likeness (QED) is 0.901. The van der Waals surface area contributed by atoms with Gasteiger partial charge in [0.1, 0.15) is 0 Å². The van der Waals surface area contributed by atoms with Crippen LogP contribution in [0.25, 0.3) is 0 Å². The number of carbonyl (C=O) groups is 2. The molecule has 20 heavy (non-hydrogen) atoms. The first-order valence-corrected chi connectivity index (χ1v) is 7.22. The lowest BCUT2D eigenvalue weighted by molar-refractivity contribution is -0.140. The molecular formula is C16H19NO3. The zero-order valence-electron chi connectivity index (χ0n) is 11.6. The van der Waals surface area contributed by atoms with E-state index in [1.54, 1.807) is 0 Å². The SMILES string of the molecule is CC1CCCN(C(=O)C2CC2C(=O)O)c2ccccc21. The number of benzene rings is 1. The summed E-state index contributed by atoms with van der Waals surface area (Å²) in [7, 11) is 0. The Kier molecular flexibility index (Phi) is 3.24. The number of para-hydroxylation sites is 1. The molecule has 106 valence electrons. The molecular weight excluding hydrogens is 254 g/mol. The van der Waals surface area contributed by atoms with E-state index in [1.807, 2.05) is 23.1 Å². The Bertz CT molecular complexity index is 554. The van der Waals surface area contributed by atoms with Gasteiger partial charge in [0, 0.05) is 12.2 Å². The van der Waals surface area contributed by atoms with Crippen molar-refractivity contribution in [3.63, 3.8) is 0 Å². The molecule has 1 aliphatic carbocycles. The van der Waals surface area contributed by atoms with Crippen LogP contribution in [0.5, 0.6) is 0 Å². The second kappa shape index (κ2) is 4.93. The van der Waals surface area contributed by atoms with E-state index in [9.17, 15) is 9.59 Å². The molecule has 0 spiro atoms. The Labute approximate surface area is 118 Å². The Morgan fingerprint density at radius 1 is 1.25 bits per heavy atom. The fourth-order valence-electron chi connectivity index (χ4n) is 3.15. The molecule has 1 N–H and O–H groups in total. The van der Waals surface area contributed by atoms with Gasteiger partial charge in [0.25, 0.3) is 0 Å². The van der Waals surface area contributed by atoms with Crippen molar-refractivity contribution in [1.29, 1.82) is 0 Å². The molecule has 1 saturated carbocycles. The van der Waals surface area contributed by atoms with Crippen LogP contribution in [0.3, 0.4) is 0 Å². The van der Waals surface area contributed by atoms with Gasteiger partial charge in [-0.25, -0.2) is 0 Å². The number of hydrogen-bond acceptors (Lipinski definition) is 2. The number of amides is 1. The van der Waals surface area contributed by atoms with E-state index in [0.29, 0.717) is 18.9 Å². The molecule has 3 rings (SSSR count). The molecule has 2 aliphatic rings. The van der Waals surface area contributed by atoms with Crippen LogP contribution in [0, 0.1) is 11.8 Å². The monoisotopic (exact) mass is 273 g/mol. The van der Waals surface area contributed by atoms with Gasteiger partial charge in [0.15, 0.2) is 0 Å². The van der Waals surface area contributed by atoms with E-state index in [0.717, 1.165) is 18.5 Å². The summed E-state index contributed by atoms with van der Waals surface area (Å²) in [6, 6.07) is 8.00. The first kappa shape index (κ1) is 13.2. The van der Waals surface area contributed by atoms with E-state index >= 15 is 0 Å². The van der Waals surface area contributed by atoms with E-state index < -0.39 is 11.9 Å². The summed E-state index contributed by atoms with van der Waals surface area (Å²) in [5.41, 5.74) is 2.17. The van der Waals surface area contributed by atoms with Gasteiger partial charge in [-0.2, -0.15) is 0 Å². The number of hydrogen-bond donors (Lipinski definition) is 1. The van der Waals surface area contributed by atoms with Crippen LogP contribution in [0.1, 0.15) is 37.7 Å². The Balaban J connectivity index is 1.88. The van der Waals surface area contributed by atoms with Crippen LogP contribution in [0.15, 0.2) is 24.3 Å². The number of carbonyl (C=O) groups excluding carboxylic acids is 1. The minimum atomic E-state index is -0.847. The number of fused-ring (bicyclic) bond motifs is 1. The smallest absolute Gasteiger partial charge is 0.307 e. The molecule has 3 unspecified atom stereocenters. The summed E-state index contributed by atoms with van der Waals surface area (Å²) in [5, 5.41) is 8.99. The molecule has 0 radical (unpaired) electrons. The van der Waals surface area contributed by atoms with Crippen LogP contribution < -0.4 is 4.90 Å². The zero-order valence-corrected chi connectivity index (χ0v) is 11.6. The number of anilines is 1. The fourth-order valence-corrected chi connectivity index (χ4v) is 3.15. The third-order valence-electron chi connectivity index (χ3n) is 4.47. The molecule has 3 atom stereocenters. The van der Waals surface area contributed by atoms with Gasteiger partial charge >= 0.3 is 5.97 Å². The summed E-state index contributed by atoms with van der Waals surface area (Å²) in [6.07, 6.45) is 2.52. The minimum Gasteiger partial charge on any atom is -0.481 e. The molecule has 1 fully saturated rings. The highest BCUT2D eigenvalue weighted by atomic mass is 16.4. The van der Waals surface area contributed by atoms with Gasteiger partial charge in [0.2, 0.25) is 5.91 Å². The highest BCUT2D eigenvalue weighted by Crippen LogP contribution is 2.43. The molecule has 0 saturated heterocycles. The first-order valence-electron chi connectivity index (χ1n) is 7.22. The predicted molar refractivity (Wildman–Crippen MR) is 75.7 cm³/mol.